The number of anilines is 1. The van der Waals surface area contributed by atoms with Crippen molar-refractivity contribution in [3.8, 4) is 0 Å². The predicted octanol–water partition coefficient (Wildman–Crippen LogP) is 1.69. The number of hydrogen-bond acceptors (Lipinski definition) is 6. The molecule has 1 aromatic carbocycles. The van der Waals surface area contributed by atoms with Gasteiger partial charge < -0.3 is 24.7 Å². The lowest BCUT2D eigenvalue weighted by atomic mass is 10.2. The third kappa shape index (κ3) is 4.01. The standard InChI is InChI=1S/C18H23N3O4/c1-23-21-17-5-4-14(19-7-9-24-11-12-25-10-8-22)13-16(17)15-3-2-6-20-18(15)21/h2-6,13,19,22H,7-12H2,1H3. The van der Waals surface area contributed by atoms with Crippen molar-refractivity contribution in [2.45, 2.75) is 0 Å². The highest BCUT2D eigenvalue weighted by molar-refractivity contribution is 6.07. The Morgan fingerprint density at radius 2 is 1.92 bits per heavy atom. The first-order valence-electron chi connectivity index (χ1n) is 8.29. The van der Waals surface area contributed by atoms with E-state index in [1.807, 2.05) is 24.3 Å². The van der Waals surface area contributed by atoms with Crippen LogP contribution in [0, 0.1) is 0 Å². The number of rotatable bonds is 10. The molecule has 0 atom stereocenters. The zero-order chi connectivity index (χ0) is 17.5. The molecule has 2 aromatic heterocycles. The lowest BCUT2D eigenvalue weighted by Gasteiger charge is -2.08. The fourth-order valence-electron chi connectivity index (χ4n) is 2.76. The molecule has 25 heavy (non-hydrogen) atoms. The first kappa shape index (κ1) is 17.5. The van der Waals surface area contributed by atoms with Gasteiger partial charge >= 0.3 is 0 Å². The average Bonchev–Trinajstić information content (AvgIpc) is 2.97. The van der Waals surface area contributed by atoms with E-state index in [9.17, 15) is 0 Å². The van der Waals surface area contributed by atoms with Gasteiger partial charge in [-0.05, 0) is 30.3 Å². The molecule has 3 aromatic rings. The van der Waals surface area contributed by atoms with Crippen molar-refractivity contribution in [2.75, 3.05) is 52.0 Å². The van der Waals surface area contributed by atoms with E-state index in [0.29, 0.717) is 33.0 Å². The van der Waals surface area contributed by atoms with Crippen LogP contribution in [0.3, 0.4) is 0 Å². The summed E-state index contributed by atoms with van der Waals surface area (Å²) in [6.45, 7) is 2.70. The Hall–Kier alpha value is -2.35. The summed E-state index contributed by atoms with van der Waals surface area (Å²) in [6, 6.07) is 10.1. The summed E-state index contributed by atoms with van der Waals surface area (Å²) in [5, 5.41) is 14.1. The van der Waals surface area contributed by atoms with Gasteiger partial charge in [-0.25, -0.2) is 4.98 Å². The van der Waals surface area contributed by atoms with Crippen molar-refractivity contribution in [2.24, 2.45) is 0 Å². The van der Waals surface area contributed by atoms with Crippen molar-refractivity contribution in [1.29, 1.82) is 0 Å². The molecule has 134 valence electrons. The largest absolute Gasteiger partial charge is 0.415 e. The van der Waals surface area contributed by atoms with E-state index in [2.05, 4.69) is 16.4 Å². The lowest BCUT2D eigenvalue weighted by molar-refractivity contribution is 0.0361. The van der Waals surface area contributed by atoms with Gasteiger partial charge in [0.2, 0.25) is 0 Å². The van der Waals surface area contributed by atoms with Crippen LogP contribution in [0.4, 0.5) is 5.69 Å². The molecule has 3 rings (SSSR count). The molecule has 0 bridgehead atoms. The summed E-state index contributed by atoms with van der Waals surface area (Å²) in [6.07, 6.45) is 1.76. The topological polar surface area (TPSA) is 77.8 Å². The van der Waals surface area contributed by atoms with Gasteiger partial charge in [0.25, 0.3) is 0 Å². The number of nitrogens with zero attached hydrogens (tertiary/aromatic N) is 2. The molecule has 0 saturated heterocycles. The molecule has 2 heterocycles. The fraction of sp³-hybridized carbons (Fsp3) is 0.389. The third-order valence-electron chi connectivity index (χ3n) is 3.85. The smallest absolute Gasteiger partial charge is 0.176 e. The first-order chi connectivity index (χ1) is 12.3. The maximum atomic E-state index is 8.60. The number of pyridine rings is 1. The molecule has 0 unspecified atom stereocenters. The van der Waals surface area contributed by atoms with E-state index in [0.717, 1.165) is 27.6 Å². The highest BCUT2D eigenvalue weighted by atomic mass is 16.6. The van der Waals surface area contributed by atoms with Gasteiger partial charge in [-0.2, -0.15) is 4.73 Å². The monoisotopic (exact) mass is 345 g/mol. The molecule has 0 aliphatic rings. The number of aliphatic hydroxyl groups is 1. The van der Waals surface area contributed by atoms with Crippen molar-refractivity contribution < 1.29 is 19.4 Å². The Bertz CT molecular complexity index is 819. The molecule has 0 radical (unpaired) electrons. The molecule has 0 aliphatic heterocycles. The molecule has 0 spiro atoms. The van der Waals surface area contributed by atoms with Crippen LogP contribution in [0.25, 0.3) is 21.9 Å². The lowest BCUT2D eigenvalue weighted by Crippen LogP contribution is -2.13. The van der Waals surface area contributed by atoms with Crippen LogP contribution in [0.1, 0.15) is 0 Å². The summed E-state index contributed by atoms with van der Waals surface area (Å²) in [5.41, 5.74) is 2.81. The summed E-state index contributed by atoms with van der Waals surface area (Å²) in [5.74, 6) is 0. The van der Waals surface area contributed by atoms with Crippen molar-refractivity contribution in [3.05, 3.63) is 36.5 Å². The van der Waals surface area contributed by atoms with Crippen LogP contribution >= 0.6 is 0 Å². The Morgan fingerprint density at radius 1 is 1.08 bits per heavy atom. The second-order valence-electron chi connectivity index (χ2n) is 5.46. The number of aromatic nitrogens is 2. The number of aliphatic hydroxyl groups excluding tert-OH is 1. The van der Waals surface area contributed by atoms with E-state index >= 15 is 0 Å². The minimum absolute atomic E-state index is 0.0407. The van der Waals surface area contributed by atoms with Gasteiger partial charge in [-0.3, -0.25) is 0 Å². The molecule has 0 amide bonds. The molecular weight excluding hydrogens is 322 g/mol. The summed E-state index contributed by atoms with van der Waals surface area (Å²) >= 11 is 0. The molecule has 0 aliphatic carbocycles. The molecule has 0 fully saturated rings. The maximum Gasteiger partial charge on any atom is 0.176 e. The minimum atomic E-state index is 0.0407. The molecule has 7 heteroatoms. The van der Waals surface area contributed by atoms with Gasteiger partial charge in [0.15, 0.2) is 5.65 Å². The van der Waals surface area contributed by atoms with Crippen LogP contribution in [-0.4, -0.2) is 61.5 Å². The SMILES string of the molecule is COn1c2ccc(NCCOCCOCCO)cc2c2cccnc21. The summed E-state index contributed by atoms with van der Waals surface area (Å²) in [4.78, 5) is 9.87. The van der Waals surface area contributed by atoms with Crippen LogP contribution in [0.5, 0.6) is 0 Å². The van der Waals surface area contributed by atoms with Gasteiger partial charge in [-0.15, -0.1) is 0 Å². The zero-order valence-corrected chi connectivity index (χ0v) is 14.3. The quantitative estimate of drug-likeness (QED) is 0.545. The Kier molecular flexibility index (Phi) is 6.05. The molecule has 7 nitrogen and oxygen atoms in total. The van der Waals surface area contributed by atoms with Gasteiger partial charge in [0.1, 0.15) is 7.11 Å². The normalized spacial score (nSPS) is 11.3. The fourth-order valence-corrected chi connectivity index (χ4v) is 2.76. The predicted molar refractivity (Wildman–Crippen MR) is 97.0 cm³/mol. The average molecular weight is 345 g/mol. The molecule has 0 saturated carbocycles. The van der Waals surface area contributed by atoms with Crippen LogP contribution in [0.15, 0.2) is 36.5 Å². The second kappa shape index (κ2) is 8.66. The van der Waals surface area contributed by atoms with Gasteiger partial charge in [0.05, 0.1) is 38.6 Å². The van der Waals surface area contributed by atoms with Crippen molar-refractivity contribution >= 4 is 27.6 Å². The van der Waals surface area contributed by atoms with Crippen molar-refractivity contribution in [3.63, 3.8) is 0 Å². The van der Waals surface area contributed by atoms with Crippen LogP contribution < -0.4 is 10.2 Å². The zero-order valence-electron chi connectivity index (χ0n) is 14.3. The van der Waals surface area contributed by atoms with Crippen LogP contribution in [0.2, 0.25) is 0 Å². The Labute approximate surface area is 146 Å². The van der Waals surface area contributed by atoms with Crippen molar-refractivity contribution in [1.82, 2.24) is 9.71 Å². The van der Waals surface area contributed by atoms with E-state index < -0.39 is 0 Å². The third-order valence-corrected chi connectivity index (χ3v) is 3.85. The first-order valence-corrected chi connectivity index (χ1v) is 8.29. The molecular formula is C18H23N3O4. The molecule has 2 N–H and O–H groups in total. The number of hydrogen-bond donors (Lipinski definition) is 2. The van der Waals surface area contributed by atoms with E-state index in [4.69, 9.17) is 19.4 Å². The highest BCUT2D eigenvalue weighted by Gasteiger charge is 2.12. The highest BCUT2D eigenvalue weighted by Crippen LogP contribution is 2.28. The van der Waals surface area contributed by atoms with E-state index in [1.165, 1.54) is 0 Å². The summed E-state index contributed by atoms with van der Waals surface area (Å²) in [7, 11) is 1.64. The van der Waals surface area contributed by atoms with E-state index in [1.54, 1.807) is 18.0 Å². The second-order valence-corrected chi connectivity index (χ2v) is 5.46. The summed E-state index contributed by atoms with van der Waals surface area (Å²) < 4.78 is 12.4. The van der Waals surface area contributed by atoms with Crippen LogP contribution in [-0.2, 0) is 9.47 Å². The maximum absolute atomic E-state index is 8.60. The Balaban J connectivity index is 1.61. The van der Waals surface area contributed by atoms with Gasteiger partial charge in [-0.1, -0.05) is 0 Å². The minimum Gasteiger partial charge on any atom is -0.415 e. The number of benzene rings is 1. The number of nitrogens with one attached hydrogen (secondary N) is 1. The Morgan fingerprint density at radius 3 is 2.72 bits per heavy atom. The van der Waals surface area contributed by atoms with Gasteiger partial charge in [0, 0.05) is 29.2 Å². The van der Waals surface area contributed by atoms with E-state index in [-0.39, 0.29) is 6.61 Å². The number of fused-ring (bicyclic) bond motifs is 3. The number of ether oxygens (including phenoxy) is 2.